The number of benzene rings is 4. The molecule has 1 atom stereocenters. The highest BCUT2D eigenvalue weighted by atomic mass is 15.0. The van der Waals surface area contributed by atoms with E-state index in [4.69, 9.17) is 0 Å². The number of rotatable bonds is 4. The number of fused-ring (bicyclic) bond motifs is 3. The van der Waals surface area contributed by atoms with Gasteiger partial charge >= 0.3 is 0 Å². The predicted octanol–water partition coefficient (Wildman–Crippen LogP) is 6.43. The highest BCUT2D eigenvalue weighted by molar-refractivity contribution is 5.85. The number of anilines is 2. The first-order chi connectivity index (χ1) is 16.3. The molecule has 33 heavy (non-hydrogen) atoms. The van der Waals surface area contributed by atoms with Crippen LogP contribution in [0.2, 0.25) is 0 Å². The number of aryl methyl sites for hydroxylation is 1. The summed E-state index contributed by atoms with van der Waals surface area (Å²) in [5.41, 5.74) is 7.35. The van der Waals surface area contributed by atoms with Crippen molar-refractivity contribution < 1.29 is 0 Å². The highest BCUT2D eigenvalue weighted by Gasteiger charge is 2.16. The fourth-order valence-corrected chi connectivity index (χ4v) is 4.92. The van der Waals surface area contributed by atoms with Crippen LogP contribution in [-0.4, -0.2) is 4.57 Å². The first kappa shape index (κ1) is 19.6. The average molecular weight is 427 g/mol. The molecule has 1 heterocycles. The molecular weight excluding hydrogens is 400 g/mol. The molecule has 2 nitrogen and oxygen atoms in total. The van der Waals surface area contributed by atoms with Gasteiger partial charge in [0.2, 0.25) is 0 Å². The fourth-order valence-electron chi connectivity index (χ4n) is 4.92. The first-order valence-electron chi connectivity index (χ1n) is 11.6. The number of hydrogen-bond acceptors (Lipinski definition) is 1. The maximum Gasteiger partial charge on any atom is 0.0541 e. The first-order valence-corrected chi connectivity index (χ1v) is 11.6. The van der Waals surface area contributed by atoms with E-state index in [1.54, 1.807) is 0 Å². The normalized spacial score (nSPS) is 14.9. The molecule has 1 aliphatic carbocycles. The minimum atomic E-state index is 0.374. The third-order valence-electron chi connectivity index (χ3n) is 6.55. The molecule has 1 aliphatic rings. The number of nitrogens with zero attached hydrogens (tertiary/aromatic N) is 1. The molecule has 4 aromatic carbocycles. The third-order valence-corrected chi connectivity index (χ3v) is 6.55. The van der Waals surface area contributed by atoms with E-state index in [9.17, 15) is 0 Å². The van der Waals surface area contributed by atoms with Gasteiger partial charge in [0.15, 0.2) is 0 Å². The van der Waals surface area contributed by atoms with Gasteiger partial charge in [0.1, 0.15) is 0 Å². The highest BCUT2D eigenvalue weighted by Crippen LogP contribution is 2.27. The monoisotopic (exact) mass is 426 g/mol. The summed E-state index contributed by atoms with van der Waals surface area (Å²) in [5.74, 6) is 0.374. The van der Waals surface area contributed by atoms with Crippen LogP contribution in [0.1, 0.15) is 23.5 Å². The van der Waals surface area contributed by atoms with Gasteiger partial charge in [-0.1, -0.05) is 72.3 Å². The van der Waals surface area contributed by atoms with Crippen LogP contribution in [0.25, 0.3) is 28.7 Å². The Morgan fingerprint density at radius 1 is 0.758 bits per heavy atom. The molecule has 5 aromatic rings. The van der Waals surface area contributed by atoms with Crippen LogP contribution in [0.15, 0.2) is 103 Å². The second kappa shape index (κ2) is 8.14. The minimum Gasteiger partial charge on any atom is -0.356 e. The summed E-state index contributed by atoms with van der Waals surface area (Å²) in [7, 11) is 0. The molecule has 6 rings (SSSR count). The SMILES string of the molecule is Cc1ccc2c(c1)c1c(n2-c2ccccc2)=CCC(c2ccc(Nc3ccccc3)cc2)C=1. The number of aromatic nitrogens is 1. The number of para-hydroxylation sites is 2. The van der Waals surface area contributed by atoms with Crippen LogP contribution < -0.4 is 15.9 Å². The summed E-state index contributed by atoms with van der Waals surface area (Å²) in [5, 5.41) is 7.46. The topological polar surface area (TPSA) is 17.0 Å². The second-order valence-electron chi connectivity index (χ2n) is 8.82. The molecule has 0 fully saturated rings. The second-order valence-corrected chi connectivity index (χ2v) is 8.82. The molecule has 0 amide bonds. The lowest BCUT2D eigenvalue weighted by molar-refractivity contribution is 0.907. The quantitative estimate of drug-likeness (QED) is 0.350. The zero-order chi connectivity index (χ0) is 22.2. The Hall–Kier alpha value is -4.04. The molecule has 160 valence electrons. The van der Waals surface area contributed by atoms with Gasteiger partial charge in [-0.15, -0.1) is 0 Å². The maximum atomic E-state index is 3.48. The van der Waals surface area contributed by atoms with Crippen molar-refractivity contribution in [2.75, 3.05) is 5.32 Å². The number of nitrogens with one attached hydrogen (secondary N) is 1. The van der Waals surface area contributed by atoms with Crippen LogP contribution in [0.3, 0.4) is 0 Å². The summed E-state index contributed by atoms with van der Waals surface area (Å²) < 4.78 is 2.41. The van der Waals surface area contributed by atoms with Gasteiger partial charge in [-0.25, -0.2) is 0 Å². The lowest BCUT2D eigenvalue weighted by atomic mass is 9.91. The fraction of sp³-hybridized carbons (Fsp3) is 0.0968. The van der Waals surface area contributed by atoms with Gasteiger partial charge in [0.05, 0.1) is 5.52 Å². The van der Waals surface area contributed by atoms with E-state index in [1.807, 2.05) is 6.07 Å². The van der Waals surface area contributed by atoms with Crippen LogP contribution in [0.5, 0.6) is 0 Å². The predicted molar refractivity (Wildman–Crippen MR) is 140 cm³/mol. The van der Waals surface area contributed by atoms with Crippen molar-refractivity contribution in [1.29, 1.82) is 0 Å². The Kier molecular flexibility index (Phi) is 4.84. The van der Waals surface area contributed by atoms with E-state index >= 15 is 0 Å². The van der Waals surface area contributed by atoms with E-state index in [-0.39, 0.29) is 0 Å². The average Bonchev–Trinajstić information content (AvgIpc) is 3.18. The van der Waals surface area contributed by atoms with Crippen molar-refractivity contribution in [3.63, 3.8) is 0 Å². The number of hydrogen-bond donors (Lipinski definition) is 1. The molecule has 1 N–H and O–H groups in total. The Bertz CT molecular complexity index is 1540. The minimum absolute atomic E-state index is 0.374. The molecule has 0 bridgehead atoms. The summed E-state index contributed by atoms with van der Waals surface area (Å²) in [6.45, 7) is 2.17. The Morgan fingerprint density at radius 2 is 1.45 bits per heavy atom. The smallest absolute Gasteiger partial charge is 0.0541 e. The molecule has 0 saturated carbocycles. The molecule has 2 heteroatoms. The van der Waals surface area contributed by atoms with Crippen molar-refractivity contribution in [1.82, 2.24) is 4.57 Å². The van der Waals surface area contributed by atoms with Crippen LogP contribution >= 0.6 is 0 Å². The molecule has 0 aliphatic heterocycles. The standard InChI is InChI=1S/C31H26N2/c1-22-12-18-30-28(20-22)29-21-24(15-19-31(29)33(30)27-10-6-3-7-11-27)23-13-16-26(17-14-23)32-25-8-4-2-5-9-25/h2-14,16-21,24,32H,15H2,1H3. The molecule has 0 spiro atoms. The van der Waals surface area contributed by atoms with Gasteiger partial charge in [0, 0.05) is 38.9 Å². The summed E-state index contributed by atoms with van der Waals surface area (Å²) in [6.07, 6.45) is 5.88. The van der Waals surface area contributed by atoms with Crippen LogP contribution in [-0.2, 0) is 0 Å². The summed E-state index contributed by atoms with van der Waals surface area (Å²) in [6, 6.07) is 36.7. The zero-order valence-corrected chi connectivity index (χ0v) is 18.7. The van der Waals surface area contributed by atoms with Gasteiger partial charge in [-0.2, -0.15) is 0 Å². The van der Waals surface area contributed by atoms with E-state index in [1.165, 1.54) is 38.3 Å². The van der Waals surface area contributed by atoms with E-state index in [0.717, 1.165) is 17.8 Å². The van der Waals surface area contributed by atoms with Crippen molar-refractivity contribution >= 4 is 34.4 Å². The van der Waals surface area contributed by atoms with Crippen LogP contribution in [0.4, 0.5) is 11.4 Å². The molecule has 0 radical (unpaired) electrons. The van der Waals surface area contributed by atoms with Gasteiger partial charge in [-0.05, 0) is 67.4 Å². The maximum absolute atomic E-state index is 3.48. The lowest BCUT2D eigenvalue weighted by Gasteiger charge is -2.15. The largest absolute Gasteiger partial charge is 0.356 e. The lowest BCUT2D eigenvalue weighted by Crippen LogP contribution is -2.31. The molecule has 1 unspecified atom stereocenters. The van der Waals surface area contributed by atoms with Crippen molar-refractivity contribution in [2.24, 2.45) is 0 Å². The molecule has 0 saturated heterocycles. The molecular formula is C31H26N2. The Labute approximate surface area is 194 Å². The van der Waals surface area contributed by atoms with E-state index in [0.29, 0.717) is 5.92 Å². The molecule has 1 aromatic heterocycles. The summed E-state index contributed by atoms with van der Waals surface area (Å²) in [4.78, 5) is 0. The van der Waals surface area contributed by atoms with Gasteiger partial charge in [-0.3, -0.25) is 0 Å². The van der Waals surface area contributed by atoms with Crippen molar-refractivity contribution in [3.8, 4) is 5.69 Å². The Morgan fingerprint density at radius 3 is 2.21 bits per heavy atom. The van der Waals surface area contributed by atoms with E-state index in [2.05, 4.69) is 126 Å². The zero-order valence-electron chi connectivity index (χ0n) is 18.7. The Balaban J connectivity index is 1.42. The van der Waals surface area contributed by atoms with Gasteiger partial charge < -0.3 is 9.88 Å². The van der Waals surface area contributed by atoms with E-state index < -0.39 is 0 Å². The summed E-state index contributed by atoms with van der Waals surface area (Å²) >= 11 is 0. The third kappa shape index (κ3) is 3.64. The van der Waals surface area contributed by atoms with Crippen LogP contribution in [0, 0.1) is 6.92 Å². The van der Waals surface area contributed by atoms with Gasteiger partial charge in [0.25, 0.3) is 0 Å². The van der Waals surface area contributed by atoms with Crippen molar-refractivity contribution in [2.45, 2.75) is 19.3 Å². The van der Waals surface area contributed by atoms with Crippen molar-refractivity contribution in [3.05, 3.63) is 125 Å².